The molecule has 2 aliphatic carbocycles. The largest absolute Gasteiger partial charge is 0.481 e. The zero-order chi connectivity index (χ0) is 20.5. The van der Waals surface area contributed by atoms with E-state index in [-0.39, 0.29) is 12.8 Å². The maximum Gasteiger partial charge on any atom is 0.305 e. The first-order valence-electron chi connectivity index (χ1n) is 10.4. The van der Waals surface area contributed by atoms with Gasteiger partial charge >= 0.3 is 5.97 Å². The van der Waals surface area contributed by atoms with Crippen molar-refractivity contribution in [3.05, 3.63) is 34.9 Å². The Balaban J connectivity index is 1.65. The highest BCUT2D eigenvalue weighted by Crippen LogP contribution is 2.68. The number of hydrogen-bond donors (Lipinski definition) is 3. The number of benzene rings is 1. The van der Waals surface area contributed by atoms with Crippen LogP contribution in [0.5, 0.6) is 0 Å². The number of rotatable bonds is 9. The lowest BCUT2D eigenvalue weighted by Gasteiger charge is -2.41. The lowest BCUT2D eigenvalue weighted by molar-refractivity contribution is -0.139. The number of aliphatic hydroxyl groups excluding tert-OH is 2. The molecule has 2 fully saturated rings. The van der Waals surface area contributed by atoms with Gasteiger partial charge in [-0.3, -0.25) is 4.79 Å². The molecule has 156 valence electrons. The van der Waals surface area contributed by atoms with Crippen LogP contribution in [0.4, 0.5) is 0 Å². The molecule has 2 aliphatic rings. The second kappa shape index (κ2) is 8.33. The van der Waals surface area contributed by atoms with Crippen LogP contribution in [-0.2, 0) is 11.2 Å². The Morgan fingerprint density at radius 3 is 2.32 bits per heavy atom. The van der Waals surface area contributed by atoms with Crippen LogP contribution in [0.25, 0.3) is 0 Å². The van der Waals surface area contributed by atoms with Crippen molar-refractivity contribution >= 4 is 17.6 Å². The summed E-state index contributed by atoms with van der Waals surface area (Å²) >= 11 is 6.04. The van der Waals surface area contributed by atoms with Crippen LogP contribution in [0, 0.1) is 22.7 Å². The van der Waals surface area contributed by atoms with E-state index in [0.717, 1.165) is 17.9 Å². The molecule has 1 aromatic rings. The molecule has 3 N–H and O–H groups in total. The number of carbonyl (C=O) groups is 1. The van der Waals surface area contributed by atoms with Gasteiger partial charge in [0.25, 0.3) is 0 Å². The molecule has 0 radical (unpaired) electrons. The summed E-state index contributed by atoms with van der Waals surface area (Å²) in [7, 11) is 0. The number of carboxylic acid groups (broad SMARTS) is 1. The number of halogens is 1. The van der Waals surface area contributed by atoms with Gasteiger partial charge in [0.05, 0.1) is 18.6 Å². The zero-order valence-corrected chi connectivity index (χ0v) is 17.7. The van der Waals surface area contributed by atoms with Gasteiger partial charge in [0.1, 0.15) is 0 Å². The third-order valence-electron chi connectivity index (χ3n) is 7.49. The summed E-state index contributed by atoms with van der Waals surface area (Å²) in [6.07, 6.45) is 4.50. The van der Waals surface area contributed by atoms with Crippen LogP contribution in [0.15, 0.2) is 24.3 Å². The molecule has 0 saturated heterocycles. The predicted octanol–water partition coefficient (Wildman–Crippen LogP) is 4.69. The number of fused-ring (bicyclic) bond motifs is 2. The van der Waals surface area contributed by atoms with Crippen molar-refractivity contribution in [2.45, 2.75) is 77.4 Å². The lowest BCUT2D eigenvalue weighted by atomic mass is 9.64. The monoisotopic (exact) mass is 408 g/mol. The van der Waals surface area contributed by atoms with E-state index in [0.29, 0.717) is 29.1 Å². The summed E-state index contributed by atoms with van der Waals surface area (Å²) in [5.74, 6) is 0.0769. The first kappa shape index (κ1) is 21.6. The van der Waals surface area contributed by atoms with E-state index in [4.69, 9.17) is 16.7 Å². The summed E-state index contributed by atoms with van der Waals surface area (Å²) in [4.78, 5) is 10.7. The Morgan fingerprint density at radius 2 is 1.71 bits per heavy atom. The van der Waals surface area contributed by atoms with Crippen molar-refractivity contribution in [3.63, 3.8) is 0 Å². The summed E-state index contributed by atoms with van der Waals surface area (Å²) in [5, 5.41) is 29.7. The first-order valence-corrected chi connectivity index (χ1v) is 10.8. The van der Waals surface area contributed by atoms with Gasteiger partial charge in [0.2, 0.25) is 0 Å². The average Bonchev–Trinajstić information content (AvgIpc) is 3.01. The molecule has 2 bridgehead atoms. The van der Waals surface area contributed by atoms with Crippen LogP contribution in [0.1, 0.15) is 64.4 Å². The van der Waals surface area contributed by atoms with Gasteiger partial charge in [-0.05, 0) is 85.3 Å². The zero-order valence-electron chi connectivity index (χ0n) is 16.9. The second-order valence-corrected chi connectivity index (χ2v) is 10.2. The van der Waals surface area contributed by atoms with Gasteiger partial charge in [-0.25, -0.2) is 0 Å². The van der Waals surface area contributed by atoms with Gasteiger partial charge in [0, 0.05) is 5.02 Å². The lowest BCUT2D eigenvalue weighted by Crippen LogP contribution is -2.34. The van der Waals surface area contributed by atoms with Crippen LogP contribution < -0.4 is 0 Å². The predicted molar refractivity (Wildman–Crippen MR) is 110 cm³/mol. The minimum Gasteiger partial charge on any atom is -0.481 e. The molecular formula is C23H33ClO4. The van der Waals surface area contributed by atoms with E-state index in [1.165, 1.54) is 24.8 Å². The highest BCUT2D eigenvalue weighted by molar-refractivity contribution is 6.30. The third kappa shape index (κ3) is 4.72. The Kier molecular flexibility index (Phi) is 6.43. The van der Waals surface area contributed by atoms with Gasteiger partial charge in [0.15, 0.2) is 0 Å². The fraction of sp³-hybridized carbons (Fsp3) is 0.696. The molecule has 0 amide bonds. The van der Waals surface area contributed by atoms with E-state index in [1.807, 2.05) is 12.1 Å². The van der Waals surface area contributed by atoms with Crippen LogP contribution in [0.3, 0.4) is 0 Å². The summed E-state index contributed by atoms with van der Waals surface area (Å²) < 4.78 is 0. The molecule has 0 aromatic heterocycles. The van der Waals surface area contributed by atoms with Gasteiger partial charge < -0.3 is 15.3 Å². The van der Waals surface area contributed by atoms with Gasteiger partial charge in [-0.15, -0.1) is 0 Å². The smallest absolute Gasteiger partial charge is 0.305 e. The minimum absolute atomic E-state index is 0.134. The normalized spacial score (nSPS) is 33.8. The summed E-state index contributed by atoms with van der Waals surface area (Å²) in [6, 6.07) is 8.15. The molecule has 0 aliphatic heterocycles. The quantitative estimate of drug-likeness (QED) is 0.553. The molecule has 28 heavy (non-hydrogen) atoms. The highest BCUT2D eigenvalue weighted by Gasteiger charge is 2.60. The van der Waals surface area contributed by atoms with E-state index in [1.54, 1.807) is 0 Å². The molecular weight excluding hydrogens is 376 g/mol. The van der Waals surface area contributed by atoms with Crippen molar-refractivity contribution in [2.75, 3.05) is 0 Å². The SMILES string of the molecule is CC12CCC(C)(C1)C(Cc1ccc(Cl)cc1)C2CCC(O)CC(O)CC(=O)O. The van der Waals surface area contributed by atoms with E-state index in [2.05, 4.69) is 26.0 Å². The van der Waals surface area contributed by atoms with Gasteiger partial charge in [-0.2, -0.15) is 0 Å². The average molecular weight is 409 g/mol. The standard InChI is InChI=1S/C23H33ClO4/c1-22-9-10-23(2,14-22)20(11-15-3-5-16(24)6-4-15)19(22)8-7-17(25)12-18(26)13-21(27)28/h3-6,17-20,25-26H,7-14H2,1-2H3,(H,27,28). The van der Waals surface area contributed by atoms with Crippen molar-refractivity contribution < 1.29 is 20.1 Å². The molecule has 4 nitrogen and oxygen atoms in total. The number of aliphatic carboxylic acids is 1. The van der Waals surface area contributed by atoms with E-state index >= 15 is 0 Å². The maximum atomic E-state index is 10.7. The van der Waals surface area contributed by atoms with Crippen LogP contribution in [0.2, 0.25) is 5.02 Å². The molecule has 0 heterocycles. The molecule has 1 aromatic carbocycles. The second-order valence-electron chi connectivity index (χ2n) is 9.75. The summed E-state index contributed by atoms with van der Waals surface area (Å²) in [6.45, 7) is 4.82. The van der Waals surface area contributed by atoms with Crippen molar-refractivity contribution in [1.82, 2.24) is 0 Å². The molecule has 6 unspecified atom stereocenters. The van der Waals surface area contributed by atoms with Crippen LogP contribution in [-0.4, -0.2) is 33.5 Å². The van der Waals surface area contributed by atoms with Crippen molar-refractivity contribution in [1.29, 1.82) is 0 Å². The Labute approximate surface area is 172 Å². The number of aliphatic hydroxyl groups is 2. The highest BCUT2D eigenvalue weighted by atomic mass is 35.5. The number of carboxylic acids is 1. The van der Waals surface area contributed by atoms with E-state index in [9.17, 15) is 15.0 Å². The van der Waals surface area contributed by atoms with Gasteiger partial charge in [-0.1, -0.05) is 37.6 Å². The molecule has 0 spiro atoms. The first-order chi connectivity index (χ1) is 13.1. The maximum absolute atomic E-state index is 10.7. The molecule has 2 saturated carbocycles. The molecule has 5 heteroatoms. The Hall–Kier alpha value is -1.10. The third-order valence-corrected chi connectivity index (χ3v) is 7.74. The molecule has 6 atom stereocenters. The number of hydrogen-bond acceptors (Lipinski definition) is 3. The topological polar surface area (TPSA) is 77.8 Å². The Bertz CT molecular complexity index is 690. The minimum atomic E-state index is -1.03. The van der Waals surface area contributed by atoms with Crippen LogP contribution >= 0.6 is 11.6 Å². The molecule has 3 rings (SSSR count). The van der Waals surface area contributed by atoms with E-state index < -0.39 is 18.2 Å². The fourth-order valence-corrected chi connectivity index (χ4v) is 6.30. The van der Waals surface area contributed by atoms with Crippen molar-refractivity contribution in [2.24, 2.45) is 22.7 Å². The summed E-state index contributed by atoms with van der Waals surface area (Å²) in [5.41, 5.74) is 1.96. The van der Waals surface area contributed by atoms with Crippen molar-refractivity contribution in [3.8, 4) is 0 Å². The Morgan fingerprint density at radius 1 is 1.11 bits per heavy atom. The fourth-order valence-electron chi connectivity index (χ4n) is 6.18.